The van der Waals surface area contributed by atoms with E-state index in [0.717, 1.165) is 39.5 Å². The topological polar surface area (TPSA) is 59.8 Å². The van der Waals surface area contributed by atoms with Crippen LogP contribution >= 0.6 is 39.3 Å². The lowest BCUT2D eigenvalue weighted by Crippen LogP contribution is -2.13. The molecule has 0 radical (unpaired) electrons. The van der Waals surface area contributed by atoms with Crippen LogP contribution < -0.4 is 5.32 Å². The van der Waals surface area contributed by atoms with Crippen LogP contribution in [0.5, 0.6) is 0 Å². The molecule has 1 heterocycles. The summed E-state index contributed by atoms with van der Waals surface area (Å²) in [6, 6.07) is 27.2. The summed E-state index contributed by atoms with van der Waals surface area (Å²) in [4.78, 5) is 12.7. The lowest BCUT2D eigenvalue weighted by molar-refractivity contribution is -0.137. The summed E-state index contributed by atoms with van der Waals surface area (Å²) in [6.45, 7) is 0. The van der Waals surface area contributed by atoms with Crippen LogP contribution in [0.25, 0.3) is 17.1 Å². The van der Waals surface area contributed by atoms with E-state index >= 15 is 0 Å². The highest BCUT2D eigenvalue weighted by molar-refractivity contribution is 9.10. The van der Waals surface area contributed by atoms with Gasteiger partial charge in [-0.25, -0.2) is 0 Å². The minimum Gasteiger partial charge on any atom is -0.321 e. The van der Waals surface area contributed by atoms with E-state index in [1.165, 1.54) is 11.8 Å². The fourth-order valence-electron chi connectivity index (χ4n) is 3.85. The van der Waals surface area contributed by atoms with Gasteiger partial charge in [-0.15, -0.1) is 10.2 Å². The molecule has 40 heavy (non-hydrogen) atoms. The first-order chi connectivity index (χ1) is 19.2. The average molecular weight is 644 g/mol. The van der Waals surface area contributed by atoms with Crippen molar-refractivity contribution in [3.05, 3.63) is 123 Å². The first-order valence-corrected chi connectivity index (χ1v) is 14.0. The van der Waals surface area contributed by atoms with Gasteiger partial charge in [0.1, 0.15) is 0 Å². The molecule has 0 aliphatic carbocycles. The molecule has 0 aliphatic heterocycles. The van der Waals surface area contributed by atoms with Crippen molar-refractivity contribution < 1.29 is 18.0 Å². The summed E-state index contributed by atoms with van der Waals surface area (Å²) < 4.78 is 42.1. The van der Waals surface area contributed by atoms with Crippen LogP contribution in [0.4, 0.5) is 18.9 Å². The highest BCUT2D eigenvalue weighted by Crippen LogP contribution is 2.34. The zero-order valence-corrected chi connectivity index (χ0v) is 23.7. The predicted octanol–water partition coefficient (Wildman–Crippen LogP) is 8.91. The molecule has 1 aromatic heterocycles. The second-order valence-corrected chi connectivity index (χ2v) is 10.9. The Balaban J connectivity index is 1.32. The molecule has 0 saturated carbocycles. The van der Waals surface area contributed by atoms with Crippen LogP contribution in [0.15, 0.2) is 107 Å². The second kappa shape index (κ2) is 11.9. The van der Waals surface area contributed by atoms with Crippen LogP contribution in [0.1, 0.15) is 21.5 Å². The number of rotatable bonds is 7. The van der Waals surface area contributed by atoms with Gasteiger partial charge in [-0.05, 0) is 60.2 Å². The number of aromatic nitrogens is 3. The number of carbonyl (C=O) groups excluding carboxylic acids is 1. The number of anilines is 1. The Morgan fingerprint density at radius 2 is 1.62 bits per heavy atom. The largest absolute Gasteiger partial charge is 0.416 e. The number of thioether (sulfide) groups is 1. The second-order valence-electron chi connectivity index (χ2n) is 8.62. The van der Waals surface area contributed by atoms with Crippen molar-refractivity contribution in [1.29, 1.82) is 0 Å². The van der Waals surface area contributed by atoms with E-state index in [1.807, 2.05) is 59.2 Å². The molecule has 0 bridgehead atoms. The molecule has 0 unspecified atom stereocenters. The number of hydrogen-bond acceptors (Lipinski definition) is 4. The van der Waals surface area contributed by atoms with Crippen LogP contribution in [0.3, 0.4) is 0 Å². The number of hydrogen-bond donors (Lipinski definition) is 1. The lowest BCUT2D eigenvalue weighted by Gasteiger charge is -2.12. The number of amides is 1. The van der Waals surface area contributed by atoms with Crippen LogP contribution in [-0.2, 0) is 11.9 Å². The number of alkyl halides is 3. The fourth-order valence-corrected chi connectivity index (χ4v) is 5.19. The van der Waals surface area contributed by atoms with Gasteiger partial charge in [-0.1, -0.05) is 81.8 Å². The first-order valence-electron chi connectivity index (χ1n) is 11.9. The normalized spacial score (nSPS) is 11.4. The molecule has 0 saturated heterocycles. The van der Waals surface area contributed by atoms with Crippen LogP contribution in [0.2, 0.25) is 5.02 Å². The van der Waals surface area contributed by atoms with E-state index in [4.69, 9.17) is 11.6 Å². The van der Waals surface area contributed by atoms with E-state index in [9.17, 15) is 18.0 Å². The molecule has 0 aliphatic rings. The average Bonchev–Trinajstić information content (AvgIpc) is 3.37. The number of carbonyl (C=O) groups is 1. The Hall–Kier alpha value is -3.60. The van der Waals surface area contributed by atoms with Gasteiger partial charge in [0, 0.05) is 27.0 Å². The van der Waals surface area contributed by atoms with Gasteiger partial charge in [0.05, 0.1) is 16.3 Å². The maximum atomic E-state index is 13.1. The molecule has 11 heteroatoms. The third-order valence-corrected chi connectivity index (χ3v) is 7.73. The summed E-state index contributed by atoms with van der Waals surface area (Å²) in [5.74, 6) is 0.692. The standard InChI is InChI=1S/C29H19BrClF3N4OS/c30-22-13-10-19(11-14-22)26-36-37-28(38(26)23-4-2-1-3-5-23)40-17-18-6-8-20(9-7-18)27(39)35-25-16-21(29(32,33)34)12-15-24(25)31/h1-16H,17H2,(H,35,39). The number of halogens is 5. The molecule has 0 fully saturated rings. The maximum absolute atomic E-state index is 13.1. The van der Waals surface area contributed by atoms with Crippen molar-refractivity contribution >= 4 is 50.9 Å². The van der Waals surface area contributed by atoms with Gasteiger partial charge < -0.3 is 5.32 Å². The predicted molar refractivity (Wildman–Crippen MR) is 155 cm³/mol. The van der Waals surface area contributed by atoms with E-state index in [0.29, 0.717) is 16.7 Å². The van der Waals surface area contributed by atoms with Gasteiger partial charge in [0.15, 0.2) is 11.0 Å². The SMILES string of the molecule is O=C(Nc1cc(C(F)(F)F)ccc1Cl)c1ccc(CSc2nnc(-c3ccc(Br)cc3)n2-c2ccccc2)cc1. The maximum Gasteiger partial charge on any atom is 0.416 e. The van der Waals surface area contributed by atoms with E-state index in [1.54, 1.807) is 24.3 Å². The van der Waals surface area contributed by atoms with Crippen molar-refractivity contribution in [2.24, 2.45) is 0 Å². The van der Waals surface area contributed by atoms with Gasteiger partial charge in [-0.2, -0.15) is 13.2 Å². The molecule has 1 amide bonds. The van der Waals surface area contributed by atoms with Gasteiger partial charge in [0.25, 0.3) is 5.91 Å². The monoisotopic (exact) mass is 642 g/mol. The molecule has 1 N–H and O–H groups in total. The summed E-state index contributed by atoms with van der Waals surface area (Å²) >= 11 is 11.0. The van der Waals surface area contributed by atoms with Crippen molar-refractivity contribution in [2.45, 2.75) is 17.1 Å². The van der Waals surface area contributed by atoms with Crippen LogP contribution in [-0.4, -0.2) is 20.7 Å². The molecule has 0 atom stereocenters. The number of benzene rings is 4. The molecule has 202 valence electrons. The molecule has 5 aromatic rings. The lowest BCUT2D eigenvalue weighted by atomic mass is 10.1. The van der Waals surface area contributed by atoms with Crippen molar-refractivity contribution in [1.82, 2.24) is 14.8 Å². The Morgan fingerprint density at radius 1 is 0.925 bits per heavy atom. The highest BCUT2D eigenvalue weighted by atomic mass is 79.9. The third-order valence-electron chi connectivity index (χ3n) is 5.88. The molecule has 5 nitrogen and oxygen atoms in total. The fraction of sp³-hybridized carbons (Fsp3) is 0.0690. The van der Waals surface area contributed by atoms with Gasteiger partial charge in [-0.3, -0.25) is 9.36 Å². The van der Waals surface area contributed by atoms with E-state index < -0.39 is 17.6 Å². The quantitative estimate of drug-likeness (QED) is 0.180. The smallest absolute Gasteiger partial charge is 0.321 e. The first kappa shape index (κ1) is 27.9. The Kier molecular flexibility index (Phi) is 8.30. The Morgan fingerprint density at radius 3 is 2.30 bits per heavy atom. The number of nitrogens with zero attached hydrogens (tertiary/aromatic N) is 3. The third kappa shape index (κ3) is 6.41. The molecule has 0 spiro atoms. The zero-order valence-electron chi connectivity index (χ0n) is 20.5. The Labute approximate surface area is 245 Å². The number of nitrogens with one attached hydrogen (secondary N) is 1. The summed E-state index contributed by atoms with van der Waals surface area (Å²) in [5, 5.41) is 12.1. The minimum absolute atomic E-state index is 0.0133. The summed E-state index contributed by atoms with van der Waals surface area (Å²) in [7, 11) is 0. The summed E-state index contributed by atoms with van der Waals surface area (Å²) in [5.41, 5.74) is 2.05. The van der Waals surface area contributed by atoms with E-state index in [-0.39, 0.29) is 16.3 Å². The summed E-state index contributed by atoms with van der Waals surface area (Å²) in [6.07, 6.45) is -4.55. The molecule has 5 rings (SSSR count). The van der Waals surface area contributed by atoms with Crippen molar-refractivity contribution in [3.8, 4) is 17.1 Å². The van der Waals surface area contributed by atoms with Crippen molar-refractivity contribution in [2.75, 3.05) is 5.32 Å². The van der Waals surface area contributed by atoms with Gasteiger partial charge >= 0.3 is 6.18 Å². The number of para-hydroxylation sites is 1. The minimum atomic E-state index is -4.55. The Bertz CT molecular complexity index is 1640. The molecule has 4 aromatic carbocycles. The van der Waals surface area contributed by atoms with Crippen LogP contribution in [0, 0.1) is 0 Å². The zero-order chi connectivity index (χ0) is 28.3. The van der Waals surface area contributed by atoms with Crippen molar-refractivity contribution in [3.63, 3.8) is 0 Å². The van der Waals surface area contributed by atoms with E-state index in [2.05, 4.69) is 31.4 Å². The van der Waals surface area contributed by atoms with Gasteiger partial charge in [0.2, 0.25) is 0 Å². The molecular formula is C29H19BrClF3N4OS. The molecular weight excluding hydrogens is 625 g/mol. The highest BCUT2D eigenvalue weighted by Gasteiger charge is 2.31.